The van der Waals surface area contributed by atoms with Gasteiger partial charge in [-0.1, -0.05) is 13.8 Å². The van der Waals surface area contributed by atoms with Crippen LogP contribution in [0.1, 0.15) is 35.3 Å². The summed E-state index contributed by atoms with van der Waals surface area (Å²) in [5, 5.41) is 8.96. The van der Waals surface area contributed by atoms with Gasteiger partial charge in [-0.2, -0.15) is 0 Å². The van der Waals surface area contributed by atoms with E-state index in [-0.39, 0.29) is 5.91 Å². The Labute approximate surface area is 99.5 Å². The van der Waals surface area contributed by atoms with Crippen molar-refractivity contribution in [2.75, 3.05) is 19.6 Å². The molecule has 5 heteroatoms. The van der Waals surface area contributed by atoms with Gasteiger partial charge in [-0.25, -0.2) is 4.98 Å². The van der Waals surface area contributed by atoms with Crippen molar-refractivity contribution in [1.82, 2.24) is 15.6 Å². The maximum absolute atomic E-state index is 11.7. The zero-order valence-electron chi connectivity index (χ0n) is 9.62. The van der Waals surface area contributed by atoms with Gasteiger partial charge in [-0.15, -0.1) is 11.3 Å². The molecule has 1 aliphatic rings. The van der Waals surface area contributed by atoms with Crippen LogP contribution in [0.5, 0.6) is 0 Å². The van der Waals surface area contributed by atoms with Gasteiger partial charge in [0.25, 0.3) is 5.91 Å². The average Bonchev–Trinajstić information content (AvgIpc) is 2.63. The summed E-state index contributed by atoms with van der Waals surface area (Å²) >= 11 is 1.56. The molecule has 0 bridgehead atoms. The third kappa shape index (κ3) is 2.59. The fourth-order valence-electron chi connectivity index (χ4n) is 1.48. The number of carbonyl (C=O) groups is 1. The molecule has 88 valence electrons. The third-order valence-corrected chi connectivity index (χ3v) is 3.81. The van der Waals surface area contributed by atoms with E-state index < -0.39 is 0 Å². The maximum Gasteiger partial charge on any atom is 0.270 e. The summed E-state index contributed by atoms with van der Waals surface area (Å²) in [5.74, 6) is 0.935. The second-order valence-corrected chi connectivity index (χ2v) is 5.35. The molecule has 0 atom stereocenters. The van der Waals surface area contributed by atoms with Gasteiger partial charge in [0, 0.05) is 36.9 Å². The maximum atomic E-state index is 11.7. The van der Waals surface area contributed by atoms with Crippen molar-refractivity contribution in [3.05, 3.63) is 16.1 Å². The molecular formula is C11H17N3OS. The Kier molecular flexibility index (Phi) is 3.56. The first-order valence-corrected chi connectivity index (χ1v) is 6.49. The fourth-order valence-corrected chi connectivity index (χ4v) is 2.29. The zero-order valence-corrected chi connectivity index (χ0v) is 10.4. The third-order valence-electron chi connectivity index (χ3n) is 2.67. The molecule has 1 fully saturated rings. The van der Waals surface area contributed by atoms with Crippen LogP contribution in [0.25, 0.3) is 0 Å². The van der Waals surface area contributed by atoms with E-state index in [1.54, 1.807) is 11.3 Å². The lowest BCUT2D eigenvalue weighted by Gasteiger charge is -2.26. The van der Waals surface area contributed by atoms with Gasteiger partial charge in [0.1, 0.15) is 5.69 Å². The number of hydrogen-bond acceptors (Lipinski definition) is 4. The van der Waals surface area contributed by atoms with Gasteiger partial charge in [0.15, 0.2) is 0 Å². The highest BCUT2D eigenvalue weighted by Gasteiger charge is 2.18. The zero-order chi connectivity index (χ0) is 11.5. The normalized spacial score (nSPS) is 16.2. The van der Waals surface area contributed by atoms with E-state index in [2.05, 4.69) is 29.5 Å². The number of amides is 1. The molecule has 0 aliphatic carbocycles. The molecule has 0 radical (unpaired) electrons. The number of nitrogens with one attached hydrogen (secondary N) is 2. The largest absolute Gasteiger partial charge is 0.350 e. The Morgan fingerprint density at radius 1 is 1.69 bits per heavy atom. The second-order valence-electron chi connectivity index (χ2n) is 4.46. The molecule has 16 heavy (non-hydrogen) atoms. The molecule has 1 aromatic rings. The van der Waals surface area contributed by atoms with Crippen LogP contribution < -0.4 is 10.6 Å². The molecule has 2 N–H and O–H groups in total. The lowest BCUT2D eigenvalue weighted by molar-refractivity contribution is 0.0937. The van der Waals surface area contributed by atoms with E-state index in [1.807, 2.05) is 5.38 Å². The van der Waals surface area contributed by atoms with Crippen LogP contribution in [-0.2, 0) is 0 Å². The Morgan fingerprint density at radius 2 is 2.44 bits per heavy atom. The van der Waals surface area contributed by atoms with Gasteiger partial charge in [0.05, 0.1) is 5.01 Å². The minimum atomic E-state index is -0.0462. The minimum Gasteiger partial charge on any atom is -0.350 e. The van der Waals surface area contributed by atoms with E-state index in [0.717, 1.165) is 24.6 Å². The summed E-state index contributed by atoms with van der Waals surface area (Å²) in [7, 11) is 0. The summed E-state index contributed by atoms with van der Waals surface area (Å²) in [6, 6.07) is 0. The van der Waals surface area contributed by atoms with Crippen molar-refractivity contribution < 1.29 is 4.79 Å². The van der Waals surface area contributed by atoms with Crippen LogP contribution in [0, 0.1) is 5.92 Å². The SMILES string of the molecule is CC(C)c1nc(C(=O)NCC2CNC2)cs1. The van der Waals surface area contributed by atoms with Crippen molar-refractivity contribution >= 4 is 17.2 Å². The Bertz CT molecular complexity index is 371. The van der Waals surface area contributed by atoms with E-state index in [9.17, 15) is 4.79 Å². The molecule has 0 unspecified atom stereocenters. The molecule has 4 nitrogen and oxygen atoms in total. The van der Waals surface area contributed by atoms with Crippen LogP contribution in [0.2, 0.25) is 0 Å². The first kappa shape index (κ1) is 11.5. The molecular weight excluding hydrogens is 222 g/mol. The molecule has 2 rings (SSSR count). The summed E-state index contributed by atoms with van der Waals surface area (Å²) in [6.07, 6.45) is 0. The standard InChI is InChI=1S/C11H17N3OS/c1-7(2)11-14-9(6-16-11)10(15)13-5-8-3-12-4-8/h6-8,12H,3-5H2,1-2H3,(H,13,15). The molecule has 2 heterocycles. The highest BCUT2D eigenvalue weighted by atomic mass is 32.1. The number of carbonyl (C=O) groups excluding carboxylic acids is 1. The Morgan fingerprint density at radius 3 is 2.94 bits per heavy atom. The van der Waals surface area contributed by atoms with Gasteiger partial charge >= 0.3 is 0 Å². The van der Waals surface area contributed by atoms with Crippen molar-refractivity contribution in [2.45, 2.75) is 19.8 Å². The van der Waals surface area contributed by atoms with Gasteiger partial charge < -0.3 is 10.6 Å². The summed E-state index contributed by atoms with van der Waals surface area (Å²) in [6.45, 7) is 6.94. The van der Waals surface area contributed by atoms with Crippen molar-refractivity contribution in [1.29, 1.82) is 0 Å². The van der Waals surface area contributed by atoms with Gasteiger partial charge in [-0.3, -0.25) is 4.79 Å². The van der Waals surface area contributed by atoms with E-state index in [1.165, 1.54) is 0 Å². The highest BCUT2D eigenvalue weighted by molar-refractivity contribution is 7.09. The molecule has 1 aromatic heterocycles. The van der Waals surface area contributed by atoms with Crippen LogP contribution in [0.4, 0.5) is 0 Å². The fraction of sp³-hybridized carbons (Fsp3) is 0.636. The number of nitrogens with zero attached hydrogens (tertiary/aromatic N) is 1. The molecule has 0 spiro atoms. The summed E-state index contributed by atoms with van der Waals surface area (Å²) in [5.41, 5.74) is 0.556. The first-order chi connectivity index (χ1) is 7.66. The number of hydrogen-bond donors (Lipinski definition) is 2. The number of rotatable bonds is 4. The molecule has 0 saturated carbocycles. The second kappa shape index (κ2) is 4.93. The smallest absolute Gasteiger partial charge is 0.270 e. The monoisotopic (exact) mass is 239 g/mol. The van der Waals surface area contributed by atoms with E-state index >= 15 is 0 Å². The molecule has 1 saturated heterocycles. The topological polar surface area (TPSA) is 54.0 Å². The number of thiazole rings is 1. The molecule has 1 amide bonds. The molecule has 1 aliphatic heterocycles. The van der Waals surface area contributed by atoms with Crippen molar-refractivity contribution in [3.8, 4) is 0 Å². The lowest BCUT2D eigenvalue weighted by Crippen LogP contribution is -2.48. The van der Waals surface area contributed by atoms with Crippen molar-refractivity contribution in [3.63, 3.8) is 0 Å². The van der Waals surface area contributed by atoms with Crippen molar-refractivity contribution in [2.24, 2.45) is 5.92 Å². The minimum absolute atomic E-state index is 0.0462. The summed E-state index contributed by atoms with van der Waals surface area (Å²) < 4.78 is 0. The predicted octanol–water partition coefficient (Wildman–Crippen LogP) is 1.22. The lowest BCUT2D eigenvalue weighted by atomic mass is 10.0. The van der Waals surface area contributed by atoms with Crippen LogP contribution in [-0.4, -0.2) is 30.5 Å². The molecule has 0 aromatic carbocycles. The van der Waals surface area contributed by atoms with Gasteiger partial charge in [-0.05, 0) is 0 Å². The van der Waals surface area contributed by atoms with E-state index in [0.29, 0.717) is 17.5 Å². The Hall–Kier alpha value is -0.940. The Balaban J connectivity index is 1.87. The van der Waals surface area contributed by atoms with Crippen LogP contribution >= 0.6 is 11.3 Å². The quantitative estimate of drug-likeness (QED) is 0.830. The van der Waals surface area contributed by atoms with Crippen LogP contribution in [0.3, 0.4) is 0 Å². The highest BCUT2D eigenvalue weighted by Crippen LogP contribution is 2.19. The number of aromatic nitrogens is 1. The van der Waals surface area contributed by atoms with Crippen LogP contribution in [0.15, 0.2) is 5.38 Å². The van der Waals surface area contributed by atoms with E-state index in [4.69, 9.17) is 0 Å². The van der Waals surface area contributed by atoms with Gasteiger partial charge in [0.2, 0.25) is 0 Å². The average molecular weight is 239 g/mol. The predicted molar refractivity (Wildman–Crippen MR) is 64.9 cm³/mol. The summed E-state index contributed by atoms with van der Waals surface area (Å²) in [4.78, 5) is 16.1. The first-order valence-electron chi connectivity index (χ1n) is 5.61.